The summed E-state index contributed by atoms with van der Waals surface area (Å²) < 4.78 is 3.81. The second-order valence-electron chi connectivity index (χ2n) is 4.48. The number of hydrogen-bond acceptors (Lipinski definition) is 0. The van der Waals surface area contributed by atoms with Gasteiger partial charge in [0, 0.05) is 0 Å². The molecule has 0 amide bonds. The van der Waals surface area contributed by atoms with Crippen LogP contribution >= 0.6 is 11.6 Å². The summed E-state index contributed by atoms with van der Waals surface area (Å²) in [5.74, 6) is 0. The minimum atomic E-state index is -1.76. The Bertz CT molecular complexity index is 494. The quantitative estimate of drug-likeness (QED) is 0.603. The van der Waals surface area contributed by atoms with Gasteiger partial charge in [0.1, 0.15) is 0 Å². The van der Waals surface area contributed by atoms with E-state index < -0.39 is 14.3 Å². The Morgan fingerprint density at radius 1 is 1.00 bits per heavy atom. The fraction of sp³-hybridized carbons (Fsp3) is 0.200. The Morgan fingerprint density at radius 2 is 1.71 bits per heavy atom. The maximum atomic E-state index is 6.24. The van der Waals surface area contributed by atoms with Crippen molar-refractivity contribution in [1.29, 1.82) is 0 Å². The van der Waals surface area contributed by atoms with E-state index >= 15 is 0 Å². The number of aryl methyl sites for hydroxylation is 2. The first-order valence-corrected chi connectivity index (χ1v) is 10.6. The van der Waals surface area contributed by atoms with E-state index in [4.69, 9.17) is 11.6 Å². The summed E-state index contributed by atoms with van der Waals surface area (Å²) in [5.41, 5.74) is 2.73. The molecule has 0 aromatic heterocycles. The van der Waals surface area contributed by atoms with Crippen molar-refractivity contribution in [3.05, 3.63) is 59.7 Å². The molecule has 2 heteroatoms. The van der Waals surface area contributed by atoms with Crippen LogP contribution in [0.2, 0.25) is 0 Å². The van der Waals surface area contributed by atoms with Gasteiger partial charge in [-0.25, -0.2) is 0 Å². The molecule has 0 fully saturated rings. The summed E-state index contributed by atoms with van der Waals surface area (Å²) in [7, 11) is 0. The van der Waals surface area contributed by atoms with E-state index in [-0.39, 0.29) is 0 Å². The molecule has 0 nitrogen and oxygen atoms in total. The Hall–Kier alpha value is -0.727. The van der Waals surface area contributed by atoms with Crippen LogP contribution in [-0.2, 0) is 0 Å². The molecule has 0 saturated carbocycles. The zero-order chi connectivity index (χ0) is 12.3. The number of hydrogen-bond donors (Lipinski definition) is 0. The SMILES string of the molecule is Cc1ccc(C)[c]([GeH]([CH2]Cl)[c]2ccccc2)c1. The molecule has 0 N–H and O–H groups in total. The molecule has 0 bridgehead atoms. The molecule has 0 spiro atoms. The number of benzene rings is 2. The number of rotatable bonds is 3. The van der Waals surface area contributed by atoms with E-state index in [1.807, 2.05) is 0 Å². The van der Waals surface area contributed by atoms with Crippen molar-refractivity contribution in [2.75, 3.05) is 4.71 Å². The van der Waals surface area contributed by atoms with Crippen molar-refractivity contribution in [2.24, 2.45) is 0 Å². The fourth-order valence-corrected chi connectivity index (χ4v) is 9.21. The van der Waals surface area contributed by atoms with Crippen LogP contribution in [0.1, 0.15) is 11.1 Å². The van der Waals surface area contributed by atoms with Gasteiger partial charge in [0.25, 0.3) is 0 Å². The van der Waals surface area contributed by atoms with Gasteiger partial charge in [-0.3, -0.25) is 0 Å². The summed E-state index contributed by atoms with van der Waals surface area (Å²) in [6.07, 6.45) is 0. The average Bonchev–Trinajstić information content (AvgIpc) is 2.36. The first-order valence-electron chi connectivity index (χ1n) is 5.90. The van der Waals surface area contributed by atoms with E-state index in [1.54, 1.807) is 0 Å². The minimum absolute atomic E-state index is 0.807. The third-order valence-corrected chi connectivity index (χ3v) is 10.8. The summed E-state index contributed by atoms with van der Waals surface area (Å²) in [5, 5.41) is 0. The van der Waals surface area contributed by atoms with Gasteiger partial charge in [-0.05, 0) is 0 Å². The number of halogens is 1. The van der Waals surface area contributed by atoms with Crippen LogP contribution in [0.5, 0.6) is 0 Å². The molecule has 2 aromatic carbocycles. The third-order valence-electron chi connectivity index (χ3n) is 3.17. The van der Waals surface area contributed by atoms with Crippen LogP contribution in [0.3, 0.4) is 0 Å². The summed E-state index contributed by atoms with van der Waals surface area (Å²) in [6.45, 7) is 4.35. The standard InChI is InChI=1S/C15H17ClGe/c1-12-8-9-13(2)15(10-12)17(11-16)14-6-4-3-5-7-14/h3-10,17H,11H2,1-2H3. The first kappa shape index (κ1) is 12.7. The van der Waals surface area contributed by atoms with Crippen LogP contribution in [0.4, 0.5) is 0 Å². The Morgan fingerprint density at radius 3 is 2.35 bits per heavy atom. The molecule has 2 aromatic rings. The van der Waals surface area contributed by atoms with Crippen molar-refractivity contribution < 1.29 is 0 Å². The van der Waals surface area contributed by atoms with Crippen LogP contribution in [0, 0.1) is 13.8 Å². The Kier molecular flexibility index (Phi) is 4.30. The molecule has 0 saturated heterocycles. The predicted octanol–water partition coefficient (Wildman–Crippen LogP) is 2.42. The maximum absolute atomic E-state index is 6.24. The van der Waals surface area contributed by atoms with Crippen molar-refractivity contribution in [2.45, 2.75) is 13.8 Å². The second-order valence-corrected chi connectivity index (χ2v) is 11.8. The monoisotopic (exact) mass is 306 g/mol. The summed E-state index contributed by atoms with van der Waals surface area (Å²) >= 11 is 4.48. The Balaban J connectivity index is 2.46. The van der Waals surface area contributed by atoms with Gasteiger partial charge in [0.2, 0.25) is 0 Å². The van der Waals surface area contributed by atoms with Crippen molar-refractivity contribution >= 4 is 34.7 Å². The zero-order valence-corrected chi connectivity index (χ0v) is 13.5. The van der Waals surface area contributed by atoms with Gasteiger partial charge in [-0.15, -0.1) is 0 Å². The van der Waals surface area contributed by atoms with Crippen molar-refractivity contribution in [3.63, 3.8) is 0 Å². The molecule has 1 unspecified atom stereocenters. The summed E-state index contributed by atoms with van der Waals surface area (Å²) in [4.78, 5) is 0. The molecular formula is C15H17ClGe. The van der Waals surface area contributed by atoms with Crippen LogP contribution in [0.25, 0.3) is 0 Å². The first-order chi connectivity index (χ1) is 8.22. The average molecular weight is 305 g/mol. The molecule has 0 aliphatic heterocycles. The molecule has 17 heavy (non-hydrogen) atoms. The van der Waals surface area contributed by atoms with Gasteiger partial charge in [-0.2, -0.15) is 0 Å². The molecule has 1 atom stereocenters. The van der Waals surface area contributed by atoms with E-state index in [0.29, 0.717) is 0 Å². The normalized spacial score (nSPS) is 12.4. The van der Waals surface area contributed by atoms with Crippen LogP contribution in [0.15, 0.2) is 48.5 Å². The molecule has 0 radical (unpaired) electrons. The van der Waals surface area contributed by atoms with E-state index in [0.717, 1.165) is 4.71 Å². The molecule has 0 heterocycles. The van der Waals surface area contributed by atoms with Gasteiger partial charge in [0.15, 0.2) is 0 Å². The topological polar surface area (TPSA) is 0 Å². The third kappa shape index (κ3) is 2.94. The second kappa shape index (κ2) is 5.74. The molecule has 88 valence electrons. The van der Waals surface area contributed by atoms with E-state index in [2.05, 4.69) is 62.4 Å². The molecule has 2 rings (SSSR count). The van der Waals surface area contributed by atoms with Crippen LogP contribution in [-0.4, -0.2) is 19.1 Å². The van der Waals surface area contributed by atoms with Gasteiger partial charge in [-0.1, -0.05) is 0 Å². The van der Waals surface area contributed by atoms with E-state index in [9.17, 15) is 0 Å². The fourth-order valence-electron chi connectivity index (χ4n) is 2.17. The van der Waals surface area contributed by atoms with Crippen LogP contribution < -0.4 is 8.79 Å². The zero-order valence-electron chi connectivity index (χ0n) is 10.3. The number of alkyl halides is 1. The molecule has 0 aliphatic carbocycles. The van der Waals surface area contributed by atoms with Gasteiger partial charge in [0.05, 0.1) is 0 Å². The van der Waals surface area contributed by atoms with E-state index in [1.165, 1.54) is 19.9 Å². The Labute approximate surface area is 113 Å². The summed E-state index contributed by atoms with van der Waals surface area (Å²) in [6, 6.07) is 17.5. The van der Waals surface area contributed by atoms with Gasteiger partial charge < -0.3 is 0 Å². The molecular weight excluding hydrogens is 288 g/mol. The van der Waals surface area contributed by atoms with Crippen molar-refractivity contribution in [1.82, 2.24) is 0 Å². The van der Waals surface area contributed by atoms with Crippen molar-refractivity contribution in [3.8, 4) is 0 Å². The van der Waals surface area contributed by atoms with Gasteiger partial charge >= 0.3 is 113 Å². The predicted molar refractivity (Wildman–Crippen MR) is 79.5 cm³/mol. The molecule has 0 aliphatic rings.